The fraction of sp³-hybridized carbons (Fsp3) is 0.960. The maximum atomic E-state index is 7.89. The molecule has 0 aromatic carbocycles. The van der Waals surface area contributed by atoms with Gasteiger partial charge in [0.25, 0.3) is 0 Å². The van der Waals surface area contributed by atoms with Crippen LogP contribution in [0.15, 0.2) is 5.22 Å². The van der Waals surface area contributed by atoms with E-state index in [4.69, 9.17) is 10.9 Å². The van der Waals surface area contributed by atoms with Crippen LogP contribution in [-0.4, -0.2) is 17.4 Å². The molecule has 2 N–H and O–H groups in total. The molecular formula is C25H44N4. The summed E-state index contributed by atoms with van der Waals surface area (Å²) in [5.74, 6) is 7.64. The lowest BCUT2D eigenvalue weighted by Gasteiger charge is -2.57. The van der Waals surface area contributed by atoms with E-state index in [0.29, 0.717) is 17.2 Å². The number of hydrogen-bond acceptors (Lipinski definition) is 3. The summed E-state index contributed by atoms with van der Waals surface area (Å²) in [7, 11) is 0. The van der Waals surface area contributed by atoms with Crippen LogP contribution in [0.25, 0.3) is 0 Å². The van der Waals surface area contributed by atoms with Gasteiger partial charge in [-0.2, -0.15) is 5.53 Å². The highest BCUT2D eigenvalue weighted by molar-refractivity contribution is 5.75. The molecule has 4 saturated carbocycles. The molecule has 0 aromatic heterocycles. The summed E-state index contributed by atoms with van der Waals surface area (Å²) in [5.41, 5.74) is 7.90. The van der Waals surface area contributed by atoms with Gasteiger partial charge in [-0.3, -0.25) is 5.41 Å². The first-order valence-electron chi connectivity index (χ1n) is 12.6. The van der Waals surface area contributed by atoms with E-state index in [1.54, 1.807) is 11.9 Å². The van der Waals surface area contributed by atoms with E-state index in [2.05, 4.69) is 26.0 Å². The molecule has 4 rings (SSSR count). The van der Waals surface area contributed by atoms with Gasteiger partial charge in [-0.25, -0.2) is 5.01 Å². The molecule has 9 atom stereocenters. The maximum absolute atomic E-state index is 7.89. The van der Waals surface area contributed by atoms with Crippen molar-refractivity contribution in [3.05, 3.63) is 0 Å². The third-order valence-corrected chi connectivity index (χ3v) is 10.4. The van der Waals surface area contributed by atoms with Crippen LogP contribution in [0.5, 0.6) is 0 Å². The fourth-order valence-corrected chi connectivity index (χ4v) is 8.95. The molecule has 0 radical (unpaired) electrons. The highest BCUT2D eigenvalue weighted by Gasteiger charge is 2.57. The second kappa shape index (κ2) is 8.30. The molecule has 0 aromatic rings. The zero-order valence-corrected chi connectivity index (χ0v) is 19.3. The number of fused-ring (bicyclic) bond motifs is 5. The lowest BCUT2D eigenvalue weighted by molar-refractivity contribution is -0.0746. The van der Waals surface area contributed by atoms with Crippen LogP contribution in [0.3, 0.4) is 0 Å². The molecule has 0 amide bonds. The highest BCUT2D eigenvalue weighted by atomic mass is 15.5. The topological polar surface area (TPSA) is 63.3 Å². The fourth-order valence-electron chi connectivity index (χ4n) is 8.95. The Hall–Kier alpha value is -0.930. The third-order valence-electron chi connectivity index (χ3n) is 10.4. The largest absolute Gasteiger partial charge is 0.287 e. The summed E-state index contributed by atoms with van der Waals surface area (Å²) < 4.78 is 0. The molecule has 0 spiro atoms. The molecule has 0 aliphatic heterocycles. The number of nitrogens with one attached hydrogen (secondary N) is 2. The molecule has 4 nitrogen and oxygen atoms in total. The summed E-state index contributed by atoms with van der Waals surface area (Å²) in [6.45, 7) is 9.86. The zero-order chi connectivity index (χ0) is 20.8. The van der Waals surface area contributed by atoms with Crippen molar-refractivity contribution in [1.82, 2.24) is 5.01 Å². The normalized spacial score (nSPS) is 44.9. The molecule has 4 heteroatoms. The zero-order valence-electron chi connectivity index (χ0n) is 19.3. The lowest BCUT2D eigenvalue weighted by Crippen LogP contribution is -2.49. The summed E-state index contributed by atoms with van der Waals surface area (Å²) in [6, 6.07) is 0. The first-order valence-corrected chi connectivity index (χ1v) is 12.6. The van der Waals surface area contributed by atoms with Gasteiger partial charge < -0.3 is 0 Å². The number of nitrogens with zero attached hydrogens (tertiary/aromatic N) is 2. The number of rotatable bonds is 5. The minimum atomic E-state index is 0.399. The minimum absolute atomic E-state index is 0.399. The summed E-state index contributed by atoms with van der Waals surface area (Å²) in [6.07, 6.45) is 14.6. The monoisotopic (exact) mass is 400 g/mol. The molecule has 4 fully saturated rings. The second-order valence-corrected chi connectivity index (χ2v) is 11.5. The Morgan fingerprint density at radius 2 is 1.83 bits per heavy atom. The third kappa shape index (κ3) is 3.67. The van der Waals surface area contributed by atoms with E-state index in [9.17, 15) is 0 Å². The van der Waals surface area contributed by atoms with Crippen LogP contribution >= 0.6 is 0 Å². The van der Waals surface area contributed by atoms with Crippen LogP contribution in [-0.2, 0) is 0 Å². The molecule has 4 aliphatic carbocycles. The van der Waals surface area contributed by atoms with Crippen molar-refractivity contribution in [2.45, 2.75) is 91.9 Å². The highest BCUT2D eigenvalue weighted by Crippen LogP contribution is 2.65. The Morgan fingerprint density at radius 3 is 2.52 bits per heavy atom. The molecule has 164 valence electrons. The van der Waals surface area contributed by atoms with Crippen molar-refractivity contribution in [1.29, 1.82) is 10.9 Å². The molecule has 4 aliphatic rings. The molecule has 0 heterocycles. The second-order valence-electron chi connectivity index (χ2n) is 11.5. The van der Waals surface area contributed by atoms with Gasteiger partial charge in [-0.05, 0) is 111 Å². The van der Waals surface area contributed by atoms with E-state index in [1.807, 2.05) is 0 Å². The van der Waals surface area contributed by atoms with Crippen molar-refractivity contribution in [2.24, 2.45) is 58.0 Å². The van der Waals surface area contributed by atoms with Crippen LogP contribution in [0.1, 0.15) is 91.9 Å². The van der Waals surface area contributed by atoms with Crippen molar-refractivity contribution < 1.29 is 0 Å². The Balaban J connectivity index is 1.46. The first kappa shape index (κ1) is 21.3. The SMILES string of the molecule is CC[C@H]1CCC2C(CCC3C2CC[C@@]2(C)C3CCC2[C@@H](C)CN(N=N)C(C)=N)C1. The predicted molar refractivity (Wildman–Crippen MR) is 119 cm³/mol. The maximum Gasteiger partial charge on any atom is 0.115 e. The molecular weight excluding hydrogens is 356 g/mol. The van der Waals surface area contributed by atoms with E-state index in [0.717, 1.165) is 48.0 Å². The molecule has 0 bridgehead atoms. The summed E-state index contributed by atoms with van der Waals surface area (Å²) >= 11 is 0. The van der Waals surface area contributed by atoms with Crippen molar-refractivity contribution in [3.8, 4) is 0 Å². The van der Waals surface area contributed by atoms with Gasteiger partial charge in [-0.1, -0.05) is 38.8 Å². The van der Waals surface area contributed by atoms with E-state index in [1.165, 1.54) is 64.2 Å². The minimum Gasteiger partial charge on any atom is -0.287 e. The number of amidine groups is 1. The van der Waals surface area contributed by atoms with Crippen LogP contribution in [0.2, 0.25) is 0 Å². The average Bonchev–Trinajstić information content (AvgIpc) is 3.08. The van der Waals surface area contributed by atoms with Gasteiger partial charge in [0, 0.05) is 6.54 Å². The van der Waals surface area contributed by atoms with Gasteiger partial charge in [0.2, 0.25) is 0 Å². The Kier molecular flexibility index (Phi) is 6.10. The van der Waals surface area contributed by atoms with Gasteiger partial charge in [0.15, 0.2) is 0 Å². The quantitative estimate of drug-likeness (QED) is 0.218. The molecule has 0 saturated heterocycles. The lowest BCUT2D eigenvalue weighted by atomic mass is 9.48. The Bertz CT molecular complexity index is 618. The van der Waals surface area contributed by atoms with Crippen molar-refractivity contribution in [3.63, 3.8) is 0 Å². The predicted octanol–water partition coefficient (Wildman–Crippen LogP) is 7.16. The first-order chi connectivity index (χ1) is 13.9. The van der Waals surface area contributed by atoms with Gasteiger partial charge in [-0.15, -0.1) is 0 Å². The summed E-state index contributed by atoms with van der Waals surface area (Å²) in [5, 5.41) is 13.1. The van der Waals surface area contributed by atoms with Gasteiger partial charge in [0.05, 0.1) is 0 Å². The van der Waals surface area contributed by atoms with Crippen LogP contribution in [0, 0.1) is 63.7 Å². The van der Waals surface area contributed by atoms with Crippen LogP contribution < -0.4 is 0 Å². The van der Waals surface area contributed by atoms with E-state index >= 15 is 0 Å². The molecule has 29 heavy (non-hydrogen) atoms. The van der Waals surface area contributed by atoms with Gasteiger partial charge >= 0.3 is 0 Å². The Labute approximate surface area is 178 Å². The van der Waals surface area contributed by atoms with Crippen molar-refractivity contribution >= 4 is 5.84 Å². The van der Waals surface area contributed by atoms with E-state index in [-0.39, 0.29) is 0 Å². The van der Waals surface area contributed by atoms with Crippen LogP contribution in [0.4, 0.5) is 0 Å². The smallest absolute Gasteiger partial charge is 0.115 e. The standard InChI is InChI=1S/C25H44N4/c1-5-18-6-8-20-19(14-18)7-9-22-21(20)12-13-25(4)23(10-11-24(22)25)16(2)15-29(28-27)17(3)26/h16,18-24,26-27H,5-15H2,1-4H3/t16-,18-,19?,20?,21?,22?,23?,24?,25+/m0/s1. The van der Waals surface area contributed by atoms with Gasteiger partial charge in [0.1, 0.15) is 5.84 Å². The molecule has 6 unspecified atom stereocenters. The summed E-state index contributed by atoms with van der Waals surface area (Å²) in [4.78, 5) is 0. The number of hydrogen-bond donors (Lipinski definition) is 2. The van der Waals surface area contributed by atoms with E-state index < -0.39 is 0 Å². The average molecular weight is 401 g/mol. The Morgan fingerprint density at radius 1 is 1.07 bits per heavy atom. The van der Waals surface area contributed by atoms with Crippen molar-refractivity contribution in [2.75, 3.05) is 6.54 Å².